The first-order chi connectivity index (χ1) is 7.22. The fourth-order valence-electron chi connectivity index (χ4n) is 2.11. The summed E-state index contributed by atoms with van der Waals surface area (Å²) in [6, 6.07) is 0. The highest BCUT2D eigenvalue weighted by molar-refractivity contribution is 4.73. The maximum Gasteiger partial charge on any atom is 0.0587 e. The summed E-state index contributed by atoms with van der Waals surface area (Å²) in [5.41, 5.74) is 0. The molecule has 1 rings (SSSR count). The predicted octanol–water partition coefficient (Wildman–Crippen LogP) is 1.82. The highest BCUT2D eigenvalue weighted by Gasteiger charge is 2.23. The van der Waals surface area contributed by atoms with Crippen molar-refractivity contribution in [1.82, 2.24) is 5.32 Å². The third kappa shape index (κ3) is 5.50. The second-order valence-electron chi connectivity index (χ2n) is 4.68. The Kier molecular flexibility index (Phi) is 6.22. The Morgan fingerprint density at radius 3 is 2.87 bits per heavy atom. The average Bonchev–Trinajstić information content (AvgIpc) is 2.59. The van der Waals surface area contributed by atoms with Crippen molar-refractivity contribution in [2.45, 2.75) is 45.3 Å². The van der Waals surface area contributed by atoms with E-state index in [1.165, 1.54) is 19.3 Å². The Hall–Kier alpha value is -0.120. The number of hydrogen-bond acceptors (Lipinski definition) is 3. The highest BCUT2D eigenvalue weighted by atomic mass is 16.5. The van der Waals surface area contributed by atoms with Gasteiger partial charge in [-0.1, -0.05) is 6.92 Å². The Morgan fingerprint density at radius 1 is 1.47 bits per heavy atom. The fourth-order valence-corrected chi connectivity index (χ4v) is 2.11. The van der Waals surface area contributed by atoms with E-state index in [1.807, 2.05) is 0 Å². The van der Waals surface area contributed by atoms with Gasteiger partial charge in [0, 0.05) is 13.7 Å². The van der Waals surface area contributed by atoms with Gasteiger partial charge in [-0.2, -0.15) is 0 Å². The molecule has 0 aromatic heterocycles. The smallest absolute Gasteiger partial charge is 0.0587 e. The number of nitrogens with one attached hydrogen (secondary N) is 1. The molecule has 3 heteroatoms. The summed E-state index contributed by atoms with van der Waals surface area (Å²) in [5, 5.41) is 3.39. The lowest BCUT2D eigenvalue weighted by molar-refractivity contribution is 0.0422. The van der Waals surface area contributed by atoms with Crippen LogP contribution >= 0.6 is 0 Å². The Labute approximate surface area is 93.5 Å². The van der Waals surface area contributed by atoms with Crippen LogP contribution in [0.3, 0.4) is 0 Å². The van der Waals surface area contributed by atoms with Crippen LogP contribution in [-0.2, 0) is 9.47 Å². The van der Waals surface area contributed by atoms with E-state index in [2.05, 4.69) is 19.2 Å². The monoisotopic (exact) mass is 215 g/mol. The minimum absolute atomic E-state index is 0.476. The van der Waals surface area contributed by atoms with Gasteiger partial charge in [0.05, 0.1) is 18.8 Å². The normalized spacial score (nSPS) is 28.2. The lowest BCUT2D eigenvalue weighted by Crippen LogP contribution is -2.27. The molecule has 1 fully saturated rings. The molecule has 1 saturated heterocycles. The zero-order valence-electron chi connectivity index (χ0n) is 10.3. The molecule has 3 atom stereocenters. The minimum atomic E-state index is 0.476. The lowest BCUT2D eigenvalue weighted by atomic mass is 10.0. The quantitative estimate of drug-likeness (QED) is 0.657. The Bertz CT molecular complexity index is 164. The van der Waals surface area contributed by atoms with Crippen LogP contribution in [-0.4, -0.2) is 39.0 Å². The van der Waals surface area contributed by atoms with Gasteiger partial charge in [-0.3, -0.25) is 0 Å². The van der Waals surface area contributed by atoms with E-state index in [0.29, 0.717) is 18.1 Å². The van der Waals surface area contributed by atoms with Crippen LogP contribution in [0.2, 0.25) is 0 Å². The topological polar surface area (TPSA) is 30.5 Å². The molecule has 0 bridgehead atoms. The molecule has 15 heavy (non-hydrogen) atoms. The van der Waals surface area contributed by atoms with Crippen LogP contribution in [0, 0.1) is 5.92 Å². The molecular weight excluding hydrogens is 190 g/mol. The summed E-state index contributed by atoms with van der Waals surface area (Å²) in [6.07, 6.45) is 4.63. The molecule has 1 N–H and O–H groups in total. The maximum atomic E-state index is 5.81. The number of rotatable bonds is 7. The first kappa shape index (κ1) is 12.9. The van der Waals surface area contributed by atoms with Gasteiger partial charge in [0.25, 0.3) is 0 Å². The first-order valence-electron chi connectivity index (χ1n) is 6.07. The second kappa shape index (κ2) is 7.20. The molecular formula is C12H25NO2. The van der Waals surface area contributed by atoms with Gasteiger partial charge in [-0.15, -0.1) is 0 Å². The zero-order chi connectivity index (χ0) is 11.1. The van der Waals surface area contributed by atoms with E-state index in [0.717, 1.165) is 19.7 Å². The first-order valence-corrected chi connectivity index (χ1v) is 6.07. The van der Waals surface area contributed by atoms with Crippen molar-refractivity contribution in [1.29, 1.82) is 0 Å². The summed E-state index contributed by atoms with van der Waals surface area (Å²) in [4.78, 5) is 0. The third-order valence-electron chi connectivity index (χ3n) is 2.96. The van der Waals surface area contributed by atoms with Crippen LogP contribution in [0.15, 0.2) is 0 Å². The van der Waals surface area contributed by atoms with Gasteiger partial charge in [0.2, 0.25) is 0 Å². The van der Waals surface area contributed by atoms with Crippen molar-refractivity contribution in [2.75, 3.05) is 26.8 Å². The molecule has 3 unspecified atom stereocenters. The van der Waals surface area contributed by atoms with Crippen molar-refractivity contribution < 1.29 is 9.47 Å². The molecule has 0 aromatic rings. The molecule has 0 aliphatic carbocycles. The molecule has 3 nitrogen and oxygen atoms in total. The Morgan fingerprint density at radius 2 is 2.27 bits per heavy atom. The summed E-state index contributed by atoms with van der Waals surface area (Å²) in [5.74, 6) is 0.692. The van der Waals surface area contributed by atoms with E-state index >= 15 is 0 Å². The van der Waals surface area contributed by atoms with E-state index < -0.39 is 0 Å². The maximum absolute atomic E-state index is 5.81. The summed E-state index contributed by atoms with van der Waals surface area (Å²) in [6.45, 7) is 7.26. The Balaban J connectivity index is 2.00. The van der Waals surface area contributed by atoms with E-state index in [4.69, 9.17) is 9.47 Å². The van der Waals surface area contributed by atoms with Gasteiger partial charge in [-0.25, -0.2) is 0 Å². The minimum Gasteiger partial charge on any atom is -0.383 e. The van der Waals surface area contributed by atoms with E-state index in [1.54, 1.807) is 7.11 Å². The molecule has 0 aromatic carbocycles. The van der Waals surface area contributed by atoms with Crippen molar-refractivity contribution in [2.24, 2.45) is 5.92 Å². The molecule has 0 saturated carbocycles. The van der Waals surface area contributed by atoms with Gasteiger partial charge in [0.15, 0.2) is 0 Å². The van der Waals surface area contributed by atoms with Crippen LogP contribution in [0.25, 0.3) is 0 Å². The SMILES string of the molecule is COCCNCC(C)CC1CCC(C)O1. The zero-order valence-corrected chi connectivity index (χ0v) is 10.3. The van der Waals surface area contributed by atoms with Crippen LogP contribution in [0.5, 0.6) is 0 Å². The average molecular weight is 215 g/mol. The van der Waals surface area contributed by atoms with Crippen molar-refractivity contribution in [3.63, 3.8) is 0 Å². The van der Waals surface area contributed by atoms with E-state index in [-0.39, 0.29) is 0 Å². The van der Waals surface area contributed by atoms with Gasteiger partial charge >= 0.3 is 0 Å². The molecule has 0 spiro atoms. The van der Waals surface area contributed by atoms with Crippen LogP contribution < -0.4 is 5.32 Å². The van der Waals surface area contributed by atoms with Crippen LogP contribution in [0.1, 0.15) is 33.1 Å². The molecule has 1 heterocycles. The van der Waals surface area contributed by atoms with Gasteiger partial charge in [0.1, 0.15) is 0 Å². The molecule has 1 aliphatic heterocycles. The highest BCUT2D eigenvalue weighted by Crippen LogP contribution is 2.24. The van der Waals surface area contributed by atoms with Gasteiger partial charge < -0.3 is 14.8 Å². The summed E-state index contributed by atoms with van der Waals surface area (Å²) in [7, 11) is 1.73. The van der Waals surface area contributed by atoms with Crippen molar-refractivity contribution in [3.8, 4) is 0 Å². The number of methoxy groups -OCH3 is 1. The fraction of sp³-hybridized carbons (Fsp3) is 1.00. The van der Waals surface area contributed by atoms with Crippen molar-refractivity contribution in [3.05, 3.63) is 0 Å². The molecule has 0 radical (unpaired) electrons. The van der Waals surface area contributed by atoms with Crippen molar-refractivity contribution >= 4 is 0 Å². The largest absolute Gasteiger partial charge is 0.383 e. The molecule has 90 valence electrons. The molecule has 1 aliphatic rings. The third-order valence-corrected chi connectivity index (χ3v) is 2.96. The molecule has 0 amide bonds. The van der Waals surface area contributed by atoms with Crippen LogP contribution in [0.4, 0.5) is 0 Å². The standard InChI is InChI=1S/C12H25NO2/c1-10(9-13-6-7-14-3)8-12-5-4-11(2)15-12/h10-13H,4-9H2,1-3H3. The van der Waals surface area contributed by atoms with Gasteiger partial charge in [-0.05, 0) is 38.6 Å². The number of ether oxygens (including phenoxy) is 2. The number of hydrogen-bond donors (Lipinski definition) is 1. The lowest BCUT2D eigenvalue weighted by Gasteiger charge is -2.17. The summed E-state index contributed by atoms with van der Waals surface area (Å²) >= 11 is 0. The second-order valence-corrected chi connectivity index (χ2v) is 4.68. The summed E-state index contributed by atoms with van der Waals surface area (Å²) < 4.78 is 10.8. The van der Waals surface area contributed by atoms with E-state index in [9.17, 15) is 0 Å². The predicted molar refractivity (Wildman–Crippen MR) is 62.1 cm³/mol.